The minimum atomic E-state index is -0.0170. The van der Waals surface area contributed by atoms with E-state index in [2.05, 4.69) is 10.3 Å². The Morgan fingerprint density at radius 1 is 0.857 bits per heavy atom. The molecule has 2 aromatic carbocycles. The average molecular weight is 376 g/mol. The van der Waals surface area contributed by atoms with Gasteiger partial charge >= 0.3 is 0 Å². The first kappa shape index (κ1) is 19.4. The second-order valence-electron chi connectivity index (χ2n) is 6.47. The van der Waals surface area contributed by atoms with E-state index in [1.54, 1.807) is 26.6 Å². The van der Waals surface area contributed by atoms with Crippen LogP contribution in [0.3, 0.4) is 0 Å². The number of aromatic nitrogens is 1. The lowest BCUT2D eigenvalue weighted by molar-refractivity contribution is -0.116. The van der Waals surface area contributed by atoms with Crippen molar-refractivity contribution in [2.24, 2.45) is 0 Å². The van der Waals surface area contributed by atoms with Crippen molar-refractivity contribution >= 4 is 11.6 Å². The fourth-order valence-corrected chi connectivity index (χ4v) is 2.96. The first-order valence-electron chi connectivity index (χ1n) is 9.16. The monoisotopic (exact) mass is 376 g/mol. The highest BCUT2D eigenvalue weighted by Crippen LogP contribution is 2.28. The van der Waals surface area contributed by atoms with Gasteiger partial charge in [-0.15, -0.1) is 0 Å². The van der Waals surface area contributed by atoms with Crippen molar-refractivity contribution < 1.29 is 14.3 Å². The third-order valence-corrected chi connectivity index (χ3v) is 4.48. The van der Waals surface area contributed by atoms with E-state index >= 15 is 0 Å². The topological polar surface area (TPSA) is 60.5 Å². The summed E-state index contributed by atoms with van der Waals surface area (Å²) in [5, 5.41) is 2.95. The summed E-state index contributed by atoms with van der Waals surface area (Å²) in [6, 6.07) is 17.6. The maximum absolute atomic E-state index is 12.3. The highest BCUT2D eigenvalue weighted by molar-refractivity contribution is 5.90. The molecule has 0 aliphatic heterocycles. The van der Waals surface area contributed by atoms with E-state index in [0.29, 0.717) is 24.3 Å². The summed E-state index contributed by atoms with van der Waals surface area (Å²) in [6.07, 6.45) is 5.46. The molecule has 3 rings (SSSR count). The zero-order valence-corrected chi connectivity index (χ0v) is 16.1. The molecular weight excluding hydrogens is 352 g/mol. The van der Waals surface area contributed by atoms with E-state index in [1.807, 2.05) is 54.6 Å². The van der Waals surface area contributed by atoms with Gasteiger partial charge < -0.3 is 14.8 Å². The molecule has 0 aliphatic carbocycles. The second kappa shape index (κ2) is 9.55. The van der Waals surface area contributed by atoms with Gasteiger partial charge in [-0.3, -0.25) is 9.78 Å². The number of anilines is 1. The van der Waals surface area contributed by atoms with Crippen molar-refractivity contribution in [3.63, 3.8) is 0 Å². The quantitative estimate of drug-likeness (QED) is 0.638. The van der Waals surface area contributed by atoms with E-state index < -0.39 is 0 Å². The minimum Gasteiger partial charge on any atom is -0.493 e. The molecule has 0 radical (unpaired) electrons. The van der Waals surface area contributed by atoms with Crippen LogP contribution in [0.5, 0.6) is 11.5 Å². The summed E-state index contributed by atoms with van der Waals surface area (Å²) in [6.45, 7) is 0. The summed E-state index contributed by atoms with van der Waals surface area (Å²) in [5.74, 6) is 1.34. The summed E-state index contributed by atoms with van der Waals surface area (Å²) in [4.78, 5) is 16.3. The number of hydrogen-bond donors (Lipinski definition) is 1. The van der Waals surface area contributed by atoms with Gasteiger partial charge in [0.2, 0.25) is 5.91 Å². The molecule has 1 amide bonds. The van der Waals surface area contributed by atoms with Gasteiger partial charge in [-0.25, -0.2) is 0 Å². The van der Waals surface area contributed by atoms with E-state index in [0.717, 1.165) is 17.7 Å². The van der Waals surface area contributed by atoms with E-state index in [9.17, 15) is 4.79 Å². The minimum absolute atomic E-state index is 0.0170. The number of nitrogens with zero attached hydrogens (tertiary/aromatic N) is 1. The molecule has 0 spiro atoms. The molecule has 1 heterocycles. The normalized spacial score (nSPS) is 10.4. The SMILES string of the molecule is COc1ccc(CCC(=O)Nc2ccc(Cc3ccncc3)cc2)cc1OC. The van der Waals surface area contributed by atoms with Crippen LogP contribution in [0.1, 0.15) is 23.1 Å². The van der Waals surface area contributed by atoms with Crippen molar-refractivity contribution in [1.29, 1.82) is 0 Å². The van der Waals surface area contributed by atoms with Gasteiger partial charge in [0, 0.05) is 24.5 Å². The van der Waals surface area contributed by atoms with Crippen LogP contribution in [0.2, 0.25) is 0 Å². The Balaban J connectivity index is 1.52. The first-order valence-corrected chi connectivity index (χ1v) is 9.16. The highest BCUT2D eigenvalue weighted by atomic mass is 16.5. The van der Waals surface area contributed by atoms with Crippen LogP contribution in [-0.2, 0) is 17.6 Å². The lowest BCUT2D eigenvalue weighted by atomic mass is 10.1. The van der Waals surface area contributed by atoms with E-state index in [-0.39, 0.29) is 5.91 Å². The fraction of sp³-hybridized carbons (Fsp3) is 0.217. The highest BCUT2D eigenvalue weighted by Gasteiger charge is 2.07. The van der Waals surface area contributed by atoms with Gasteiger partial charge in [0.25, 0.3) is 0 Å². The molecule has 5 nitrogen and oxygen atoms in total. The van der Waals surface area contributed by atoms with Crippen LogP contribution < -0.4 is 14.8 Å². The summed E-state index contributed by atoms with van der Waals surface area (Å²) >= 11 is 0. The van der Waals surface area contributed by atoms with E-state index in [1.165, 1.54) is 11.1 Å². The van der Waals surface area contributed by atoms with Crippen LogP contribution in [0, 0.1) is 0 Å². The smallest absolute Gasteiger partial charge is 0.224 e. The number of pyridine rings is 1. The van der Waals surface area contributed by atoms with Crippen LogP contribution >= 0.6 is 0 Å². The largest absolute Gasteiger partial charge is 0.493 e. The van der Waals surface area contributed by atoms with Gasteiger partial charge in [-0.05, 0) is 65.9 Å². The molecule has 0 atom stereocenters. The van der Waals surface area contributed by atoms with Gasteiger partial charge in [0.1, 0.15) is 0 Å². The number of hydrogen-bond acceptors (Lipinski definition) is 4. The summed E-state index contributed by atoms with van der Waals surface area (Å²) in [5.41, 5.74) is 4.23. The lowest BCUT2D eigenvalue weighted by Gasteiger charge is -2.10. The fourth-order valence-electron chi connectivity index (χ4n) is 2.96. The first-order chi connectivity index (χ1) is 13.7. The Morgan fingerprint density at radius 2 is 1.50 bits per heavy atom. The van der Waals surface area contributed by atoms with Crippen molar-refractivity contribution in [3.05, 3.63) is 83.7 Å². The number of nitrogens with one attached hydrogen (secondary N) is 1. The molecular formula is C23H24N2O3. The Labute approximate surface area is 165 Å². The second-order valence-corrected chi connectivity index (χ2v) is 6.47. The predicted octanol–water partition coefficient (Wildman–Crippen LogP) is 4.26. The molecule has 3 aromatic rings. The number of methoxy groups -OCH3 is 2. The lowest BCUT2D eigenvalue weighted by Crippen LogP contribution is -2.12. The number of aryl methyl sites for hydroxylation is 1. The van der Waals surface area contributed by atoms with Crippen molar-refractivity contribution in [2.75, 3.05) is 19.5 Å². The molecule has 0 fully saturated rings. The molecule has 0 bridgehead atoms. The molecule has 1 aromatic heterocycles. The summed E-state index contributed by atoms with van der Waals surface area (Å²) in [7, 11) is 3.21. The molecule has 0 saturated carbocycles. The van der Waals surface area contributed by atoms with Gasteiger partial charge in [0.15, 0.2) is 11.5 Å². The maximum atomic E-state index is 12.3. The molecule has 1 N–H and O–H groups in total. The number of ether oxygens (including phenoxy) is 2. The molecule has 0 unspecified atom stereocenters. The van der Waals surface area contributed by atoms with Crippen LogP contribution in [-0.4, -0.2) is 25.1 Å². The zero-order valence-electron chi connectivity index (χ0n) is 16.1. The number of carbonyl (C=O) groups is 1. The number of carbonyl (C=O) groups excluding carboxylic acids is 1. The molecule has 5 heteroatoms. The Kier molecular flexibility index (Phi) is 6.63. The van der Waals surface area contributed by atoms with Crippen molar-refractivity contribution in [1.82, 2.24) is 4.98 Å². The Bertz CT molecular complexity index is 909. The number of rotatable bonds is 8. The maximum Gasteiger partial charge on any atom is 0.224 e. The van der Waals surface area contributed by atoms with Crippen LogP contribution in [0.25, 0.3) is 0 Å². The van der Waals surface area contributed by atoms with Gasteiger partial charge in [-0.2, -0.15) is 0 Å². The number of benzene rings is 2. The Hall–Kier alpha value is -3.34. The van der Waals surface area contributed by atoms with Crippen molar-refractivity contribution in [2.45, 2.75) is 19.3 Å². The Morgan fingerprint density at radius 3 is 2.18 bits per heavy atom. The average Bonchev–Trinajstić information content (AvgIpc) is 2.74. The number of amides is 1. The van der Waals surface area contributed by atoms with E-state index in [4.69, 9.17) is 9.47 Å². The van der Waals surface area contributed by atoms with Crippen LogP contribution in [0.15, 0.2) is 67.0 Å². The zero-order chi connectivity index (χ0) is 19.8. The van der Waals surface area contributed by atoms with Gasteiger partial charge in [-0.1, -0.05) is 18.2 Å². The molecule has 0 saturated heterocycles. The molecule has 0 aliphatic rings. The third kappa shape index (κ3) is 5.33. The third-order valence-electron chi connectivity index (χ3n) is 4.48. The predicted molar refractivity (Wildman–Crippen MR) is 110 cm³/mol. The molecule has 28 heavy (non-hydrogen) atoms. The van der Waals surface area contributed by atoms with Crippen LogP contribution in [0.4, 0.5) is 5.69 Å². The van der Waals surface area contributed by atoms with Crippen molar-refractivity contribution in [3.8, 4) is 11.5 Å². The summed E-state index contributed by atoms with van der Waals surface area (Å²) < 4.78 is 10.5. The standard InChI is InChI=1S/C23H24N2O3/c1-27-21-9-5-18(16-22(21)28-2)6-10-23(26)25-20-7-3-17(4-8-20)15-19-11-13-24-14-12-19/h3-5,7-9,11-14,16H,6,10,15H2,1-2H3,(H,25,26). The molecule has 144 valence electrons. The van der Waals surface area contributed by atoms with Gasteiger partial charge in [0.05, 0.1) is 14.2 Å².